The summed E-state index contributed by atoms with van der Waals surface area (Å²) in [6, 6.07) is 10.9. The molecule has 0 aromatic carbocycles. The highest BCUT2D eigenvalue weighted by atomic mass is 16.5. The van der Waals surface area contributed by atoms with Gasteiger partial charge in [-0.25, -0.2) is 9.67 Å². The van der Waals surface area contributed by atoms with Crippen LogP contribution in [0.4, 0.5) is 0 Å². The predicted molar refractivity (Wildman–Crippen MR) is 90.5 cm³/mol. The van der Waals surface area contributed by atoms with Gasteiger partial charge in [0.05, 0.1) is 12.7 Å². The van der Waals surface area contributed by atoms with E-state index in [-0.39, 0.29) is 12.0 Å². The molecule has 4 rings (SSSR count). The first kappa shape index (κ1) is 15.3. The van der Waals surface area contributed by atoms with Gasteiger partial charge in [0, 0.05) is 31.6 Å². The molecule has 0 saturated carbocycles. The Kier molecular flexibility index (Phi) is 4.12. The van der Waals surface area contributed by atoms with E-state index < -0.39 is 0 Å². The predicted octanol–water partition coefficient (Wildman–Crippen LogP) is 1.96. The van der Waals surface area contributed by atoms with Crippen molar-refractivity contribution < 1.29 is 9.53 Å². The molecule has 25 heavy (non-hydrogen) atoms. The molecule has 0 radical (unpaired) electrons. The summed E-state index contributed by atoms with van der Waals surface area (Å²) in [4.78, 5) is 23.0. The van der Waals surface area contributed by atoms with E-state index in [2.05, 4.69) is 15.1 Å². The Hall–Kier alpha value is -3.22. The van der Waals surface area contributed by atoms with Crippen molar-refractivity contribution in [3.63, 3.8) is 0 Å². The van der Waals surface area contributed by atoms with Crippen LogP contribution in [0.1, 0.15) is 16.9 Å². The van der Waals surface area contributed by atoms with Gasteiger partial charge in [-0.3, -0.25) is 9.78 Å². The first-order valence-electron chi connectivity index (χ1n) is 8.12. The molecule has 1 amide bonds. The van der Waals surface area contributed by atoms with Crippen molar-refractivity contribution in [2.75, 3.05) is 13.1 Å². The first-order valence-corrected chi connectivity index (χ1v) is 8.12. The van der Waals surface area contributed by atoms with Crippen molar-refractivity contribution in [3.8, 4) is 11.6 Å². The minimum absolute atomic E-state index is 0.0255. The summed E-state index contributed by atoms with van der Waals surface area (Å²) in [6.45, 7) is 1.19. The Morgan fingerprint density at radius 3 is 2.92 bits per heavy atom. The molecule has 1 saturated heterocycles. The van der Waals surface area contributed by atoms with Crippen molar-refractivity contribution in [2.24, 2.45) is 0 Å². The summed E-state index contributed by atoms with van der Waals surface area (Å²) in [6.07, 6.45) is 7.62. The van der Waals surface area contributed by atoms with Crippen LogP contribution in [0.25, 0.3) is 5.82 Å². The lowest BCUT2D eigenvalue weighted by Gasteiger charge is -2.17. The zero-order valence-electron chi connectivity index (χ0n) is 13.5. The van der Waals surface area contributed by atoms with Crippen LogP contribution in [0, 0.1) is 0 Å². The molecule has 0 spiro atoms. The quantitative estimate of drug-likeness (QED) is 0.729. The summed E-state index contributed by atoms with van der Waals surface area (Å²) >= 11 is 0. The molecule has 7 heteroatoms. The molecule has 1 unspecified atom stereocenters. The van der Waals surface area contributed by atoms with Gasteiger partial charge in [0.2, 0.25) is 0 Å². The van der Waals surface area contributed by atoms with E-state index in [1.807, 2.05) is 30.3 Å². The van der Waals surface area contributed by atoms with E-state index in [1.54, 1.807) is 40.4 Å². The molecule has 7 nitrogen and oxygen atoms in total. The number of rotatable bonds is 4. The van der Waals surface area contributed by atoms with Crippen LogP contribution in [0.2, 0.25) is 0 Å². The summed E-state index contributed by atoms with van der Waals surface area (Å²) in [5.41, 5.74) is 0.412. The Labute approximate surface area is 144 Å². The molecular formula is C18H17N5O2. The Morgan fingerprint density at radius 2 is 2.12 bits per heavy atom. The van der Waals surface area contributed by atoms with Gasteiger partial charge in [0.25, 0.3) is 5.91 Å². The second-order valence-electron chi connectivity index (χ2n) is 5.80. The average molecular weight is 335 g/mol. The third-order valence-electron chi connectivity index (χ3n) is 4.06. The van der Waals surface area contributed by atoms with Gasteiger partial charge in [0.1, 0.15) is 17.5 Å². The smallest absolute Gasteiger partial charge is 0.272 e. The fraction of sp³-hybridized carbons (Fsp3) is 0.222. The molecule has 1 atom stereocenters. The molecule has 1 aliphatic rings. The van der Waals surface area contributed by atoms with E-state index in [9.17, 15) is 4.79 Å². The van der Waals surface area contributed by atoms with E-state index in [0.717, 1.165) is 12.2 Å². The zero-order valence-corrected chi connectivity index (χ0v) is 13.5. The van der Waals surface area contributed by atoms with Crippen LogP contribution in [-0.2, 0) is 0 Å². The number of hydrogen-bond acceptors (Lipinski definition) is 5. The van der Waals surface area contributed by atoms with Crippen molar-refractivity contribution >= 4 is 5.91 Å². The van der Waals surface area contributed by atoms with E-state index >= 15 is 0 Å². The van der Waals surface area contributed by atoms with E-state index in [4.69, 9.17) is 4.74 Å². The first-order chi connectivity index (χ1) is 12.3. The molecular weight excluding hydrogens is 318 g/mol. The number of aromatic nitrogens is 4. The van der Waals surface area contributed by atoms with Crippen molar-refractivity contribution in [1.82, 2.24) is 24.6 Å². The topological polar surface area (TPSA) is 73.1 Å². The standard InChI is InChI=1S/C18H17N5O2/c24-18(16-5-1-6-17(21-16)23-10-3-9-20-23)22-11-7-15(13-22)25-14-4-2-8-19-12-14/h1-6,8-10,12,15H,7,11,13H2. The second-order valence-corrected chi connectivity index (χ2v) is 5.80. The van der Waals surface area contributed by atoms with Crippen molar-refractivity contribution in [2.45, 2.75) is 12.5 Å². The third-order valence-corrected chi connectivity index (χ3v) is 4.06. The highest BCUT2D eigenvalue weighted by Gasteiger charge is 2.29. The number of ether oxygens (including phenoxy) is 1. The SMILES string of the molecule is O=C(c1cccc(-n2cccn2)n1)N1CCC(Oc2cccnc2)C1. The minimum Gasteiger partial charge on any atom is -0.487 e. The molecule has 1 fully saturated rings. The fourth-order valence-corrected chi connectivity index (χ4v) is 2.85. The van der Waals surface area contributed by atoms with Gasteiger partial charge in [-0.15, -0.1) is 0 Å². The molecule has 3 aromatic heterocycles. The third kappa shape index (κ3) is 3.35. The lowest BCUT2D eigenvalue weighted by atomic mass is 10.3. The normalized spacial score (nSPS) is 16.8. The average Bonchev–Trinajstić information content (AvgIpc) is 3.34. The highest BCUT2D eigenvalue weighted by molar-refractivity contribution is 5.92. The van der Waals surface area contributed by atoms with Crippen LogP contribution < -0.4 is 4.74 Å². The van der Waals surface area contributed by atoms with Gasteiger partial charge in [0.15, 0.2) is 5.82 Å². The molecule has 4 heterocycles. The minimum atomic E-state index is -0.0914. The molecule has 3 aromatic rings. The van der Waals surface area contributed by atoms with Crippen LogP contribution in [0.5, 0.6) is 5.75 Å². The van der Waals surface area contributed by atoms with Crippen LogP contribution >= 0.6 is 0 Å². The van der Waals surface area contributed by atoms with Crippen LogP contribution in [0.15, 0.2) is 61.2 Å². The largest absolute Gasteiger partial charge is 0.487 e. The maximum Gasteiger partial charge on any atom is 0.272 e. The Bertz CT molecular complexity index is 851. The highest BCUT2D eigenvalue weighted by Crippen LogP contribution is 2.19. The van der Waals surface area contributed by atoms with Gasteiger partial charge in [-0.2, -0.15) is 5.10 Å². The molecule has 0 bridgehead atoms. The maximum atomic E-state index is 12.7. The van der Waals surface area contributed by atoms with Gasteiger partial charge in [-0.05, 0) is 30.3 Å². The summed E-state index contributed by atoms with van der Waals surface area (Å²) in [5, 5.41) is 4.15. The monoisotopic (exact) mass is 335 g/mol. The van der Waals surface area contributed by atoms with Crippen LogP contribution in [-0.4, -0.2) is 49.7 Å². The van der Waals surface area contributed by atoms with E-state index in [0.29, 0.717) is 24.6 Å². The zero-order chi connectivity index (χ0) is 17.1. The van der Waals surface area contributed by atoms with Crippen molar-refractivity contribution in [1.29, 1.82) is 0 Å². The number of hydrogen-bond donors (Lipinski definition) is 0. The Balaban J connectivity index is 1.44. The number of carbonyl (C=O) groups excluding carboxylic acids is 1. The number of amides is 1. The maximum absolute atomic E-state index is 12.7. The number of likely N-dealkylation sites (tertiary alicyclic amines) is 1. The summed E-state index contributed by atoms with van der Waals surface area (Å²) in [7, 11) is 0. The van der Waals surface area contributed by atoms with Gasteiger partial charge >= 0.3 is 0 Å². The molecule has 126 valence electrons. The fourth-order valence-electron chi connectivity index (χ4n) is 2.85. The van der Waals surface area contributed by atoms with Crippen LogP contribution in [0.3, 0.4) is 0 Å². The number of carbonyl (C=O) groups is 1. The Morgan fingerprint density at radius 1 is 1.16 bits per heavy atom. The molecule has 1 aliphatic heterocycles. The van der Waals surface area contributed by atoms with Gasteiger partial charge < -0.3 is 9.64 Å². The summed E-state index contributed by atoms with van der Waals surface area (Å²) < 4.78 is 7.52. The number of pyridine rings is 2. The summed E-state index contributed by atoms with van der Waals surface area (Å²) in [5.74, 6) is 1.25. The second kappa shape index (κ2) is 6.72. The van der Waals surface area contributed by atoms with Crippen molar-refractivity contribution in [3.05, 3.63) is 66.9 Å². The molecule has 0 aliphatic carbocycles. The lowest BCUT2D eigenvalue weighted by Crippen LogP contribution is -2.31. The number of nitrogens with zero attached hydrogens (tertiary/aromatic N) is 5. The molecule has 0 N–H and O–H groups in total. The van der Waals surface area contributed by atoms with E-state index in [1.165, 1.54) is 0 Å². The van der Waals surface area contributed by atoms with Gasteiger partial charge in [-0.1, -0.05) is 6.07 Å². The lowest BCUT2D eigenvalue weighted by molar-refractivity contribution is 0.0766.